The third-order valence-electron chi connectivity index (χ3n) is 1.81. The second-order valence-electron chi connectivity index (χ2n) is 2.61. The van der Waals surface area contributed by atoms with Gasteiger partial charge in [-0.3, -0.25) is 0 Å². The summed E-state index contributed by atoms with van der Waals surface area (Å²) in [4.78, 5) is 4.94. The molecule has 0 bridgehead atoms. The van der Waals surface area contributed by atoms with Crippen LogP contribution < -0.4 is 0 Å². The molecule has 0 saturated carbocycles. The molecule has 0 saturated heterocycles. The van der Waals surface area contributed by atoms with Gasteiger partial charge < -0.3 is 0 Å². The minimum Gasteiger partial charge on any atom is -0.243 e. The molecular weight excluding hydrogens is 272 g/mol. The highest BCUT2D eigenvalue weighted by atomic mass is 79.9. The van der Waals surface area contributed by atoms with E-state index in [0.29, 0.717) is 14.9 Å². The van der Waals surface area contributed by atoms with Crippen LogP contribution in [0.3, 0.4) is 0 Å². The van der Waals surface area contributed by atoms with Crippen molar-refractivity contribution in [1.82, 2.24) is 4.98 Å². The van der Waals surface area contributed by atoms with Crippen molar-refractivity contribution in [1.29, 1.82) is 5.26 Å². The number of pyridine rings is 1. The lowest BCUT2D eigenvalue weighted by molar-refractivity contribution is 1.07. The smallest absolute Gasteiger partial charge is 0.133 e. The largest absolute Gasteiger partial charge is 0.243 e. The molecule has 2 rings (SSSR count). The second kappa shape index (κ2) is 3.49. The van der Waals surface area contributed by atoms with Gasteiger partial charge in [-0.25, -0.2) is 4.98 Å². The van der Waals surface area contributed by atoms with Crippen molar-refractivity contribution in [3.63, 3.8) is 0 Å². The van der Waals surface area contributed by atoms with Crippen LogP contribution in [0.1, 0.15) is 11.1 Å². The van der Waals surface area contributed by atoms with E-state index in [0.717, 1.165) is 16.9 Å². The molecule has 0 spiro atoms. The minimum atomic E-state index is 0.316. The molecule has 1 unspecified atom stereocenters. The number of nitrogens with zero attached hydrogens (tertiary/aromatic N) is 2. The highest BCUT2D eigenvalue weighted by Gasteiger charge is 2.25. The van der Waals surface area contributed by atoms with Crippen molar-refractivity contribution < 1.29 is 0 Å². The van der Waals surface area contributed by atoms with Gasteiger partial charge in [-0.2, -0.15) is 5.26 Å². The molecule has 1 aromatic rings. The Kier molecular flexibility index (Phi) is 2.50. The van der Waals surface area contributed by atoms with Gasteiger partial charge in [-0.1, -0.05) is 27.5 Å². The van der Waals surface area contributed by atoms with Gasteiger partial charge >= 0.3 is 0 Å². The fourth-order valence-corrected chi connectivity index (χ4v) is 3.45. The van der Waals surface area contributed by atoms with Crippen LogP contribution in [0.15, 0.2) is 11.1 Å². The summed E-state index contributed by atoms with van der Waals surface area (Å²) in [6, 6.07) is 2.11. The Morgan fingerprint density at radius 2 is 2.54 bits per heavy atom. The summed E-state index contributed by atoms with van der Waals surface area (Å²) in [6.45, 7) is 0. The number of rotatable bonds is 0. The van der Waals surface area contributed by atoms with E-state index in [1.165, 1.54) is 6.20 Å². The Balaban J connectivity index is 2.60. The van der Waals surface area contributed by atoms with Crippen molar-refractivity contribution in [2.24, 2.45) is 0 Å². The normalized spacial score (nSPS) is 19.6. The van der Waals surface area contributed by atoms with E-state index in [1.54, 1.807) is 11.8 Å². The lowest BCUT2D eigenvalue weighted by atomic mass is 10.2. The first-order chi connectivity index (χ1) is 6.22. The molecule has 66 valence electrons. The fraction of sp³-hybridized carbons (Fsp3) is 0.250. The van der Waals surface area contributed by atoms with Crippen LogP contribution in [0.5, 0.6) is 0 Å². The number of aromatic nitrogens is 1. The van der Waals surface area contributed by atoms with Crippen molar-refractivity contribution in [2.45, 2.75) is 15.5 Å². The molecule has 5 heteroatoms. The summed E-state index contributed by atoms with van der Waals surface area (Å²) in [5.74, 6) is 0. The lowest BCUT2D eigenvalue weighted by Crippen LogP contribution is -1.91. The summed E-state index contributed by atoms with van der Waals surface area (Å²) in [7, 11) is 0. The number of halogens is 2. The van der Waals surface area contributed by atoms with Gasteiger partial charge in [-0.05, 0) is 6.42 Å². The van der Waals surface area contributed by atoms with Crippen LogP contribution in [-0.4, -0.2) is 9.14 Å². The molecule has 0 amide bonds. The van der Waals surface area contributed by atoms with Gasteiger partial charge in [0.1, 0.15) is 11.2 Å². The SMILES string of the molecule is N#Cc1cnc(Cl)c2c1SC(Br)C2. The topological polar surface area (TPSA) is 36.7 Å². The summed E-state index contributed by atoms with van der Waals surface area (Å²) in [5, 5.41) is 9.33. The first-order valence-electron chi connectivity index (χ1n) is 3.60. The van der Waals surface area contributed by atoms with E-state index < -0.39 is 0 Å². The van der Waals surface area contributed by atoms with E-state index in [1.807, 2.05) is 0 Å². The van der Waals surface area contributed by atoms with Crippen LogP contribution in [0, 0.1) is 11.3 Å². The quantitative estimate of drug-likeness (QED) is 0.539. The van der Waals surface area contributed by atoms with Gasteiger partial charge in [0.15, 0.2) is 0 Å². The van der Waals surface area contributed by atoms with Crippen LogP contribution in [-0.2, 0) is 6.42 Å². The summed E-state index contributed by atoms with van der Waals surface area (Å²) in [5.41, 5.74) is 1.61. The average Bonchev–Trinajstić information content (AvgIpc) is 2.48. The zero-order chi connectivity index (χ0) is 9.42. The zero-order valence-corrected chi connectivity index (χ0v) is 9.58. The molecule has 1 atom stereocenters. The summed E-state index contributed by atoms with van der Waals surface area (Å²) < 4.78 is 0.316. The van der Waals surface area contributed by atoms with Crippen molar-refractivity contribution in [3.05, 3.63) is 22.5 Å². The summed E-state index contributed by atoms with van der Waals surface area (Å²) >= 11 is 11.0. The Bertz CT molecular complexity index is 402. The Morgan fingerprint density at radius 3 is 3.23 bits per heavy atom. The van der Waals surface area contributed by atoms with E-state index in [9.17, 15) is 0 Å². The van der Waals surface area contributed by atoms with E-state index in [4.69, 9.17) is 16.9 Å². The molecule has 0 aromatic carbocycles. The second-order valence-corrected chi connectivity index (χ2v) is 5.90. The monoisotopic (exact) mass is 274 g/mol. The molecule has 0 fully saturated rings. The molecule has 13 heavy (non-hydrogen) atoms. The van der Waals surface area contributed by atoms with Crippen molar-refractivity contribution in [2.75, 3.05) is 0 Å². The Hall–Kier alpha value is -0.240. The van der Waals surface area contributed by atoms with Crippen molar-refractivity contribution in [3.8, 4) is 6.07 Å². The third kappa shape index (κ3) is 1.56. The lowest BCUT2D eigenvalue weighted by Gasteiger charge is -2.00. The van der Waals surface area contributed by atoms with E-state index in [2.05, 4.69) is 27.0 Å². The first-order valence-corrected chi connectivity index (χ1v) is 5.78. The number of alkyl halides is 1. The van der Waals surface area contributed by atoms with Crippen molar-refractivity contribution >= 4 is 39.3 Å². The molecule has 0 radical (unpaired) electrons. The minimum absolute atomic E-state index is 0.316. The number of fused-ring (bicyclic) bond motifs is 1. The van der Waals surface area contributed by atoms with Gasteiger partial charge in [-0.15, -0.1) is 11.8 Å². The fourth-order valence-electron chi connectivity index (χ4n) is 1.24. The molecule has 1 aromatic heterocycles. The predicted molar refractivity (Wildman–Crippen MR) is 56.2 cm³/mol. The van der Waals surface area contributed by atoms with E-state index >= 15 is 0 Å². The van der Waals surface area contributed by atoms with Gasteiger partial charge in [0, 0.05) is 16.7 Å². The first kappa shape index (κ1) is 9.32. The van der Waals surface area contributed by atoms with Crippen LogP contribution in [0.4, 0.5) is 0 Å². The average molecular weight is 276 g/mol. The maximum absolute atomic E-state index is 8.82. The van der Waals surface area contributed by atoms with Crippen LogP contribution in [0.2, 0.25) is 5.15 Å². The number of hydrogen-bond acceptors (Lipinski definition) is 3. The molecular formula is C8H4BrClN2S. The third-order valence-corrected chi connectivity index (χ3v) is 4.14. The predicted octanol–water partition coefficient (Wildman–Crippen LogP) is 2.98. The molecule has 2 heterocycles. The molecule has 0 aliphatic carbocycles. The van der Waals surface area contributed by atoms with Gasteiger partial charge in [0.05, 0.1) is 9.72 Å². The molecule has 0 N–H and O–H groups in total. The van der Waals surface area contributed by atoms with Crippen LogP contribution >= 0.6 is 39.3 Å². The van der Waals surface area contributed by atoms with Gasteiger partial charge in [0.25, 0.3) is 0 Å². The van der Waals surface area contributed by atoms with E-state index in [-0.39, 0.29) is 0 Å². The molecule has 1 aliphatic heterocycles. The molecule has 2 nitrogen and oxygen atoms in total. The highest BCUT2D eigenvalue weighted by molar-refractivity contribution is 9.11. The highest BCUT2D eigenvalue weighted by Crippen LogP contribution is 2.43. The molecule has 1 aliphatic rings. The maximum Gasteiger partial charge on any atom is 0.133 e. The number of nitriles is 1. The zero-order valence-electron chi connectivity index (χ0n) is 6.42. The summed E-state index contributed by atoms with van der Waals surface area (Å²) in [6.07, 6.45) is 2.36. The standard InChI is InChI=1S/C8H4BrClN2S/c9-6-1-5-7(13-6)4(2-11)3-12-8(5)10/h3,6H,1H2. The maximum atomic E-state index is 8.82. The van der Waals surface area contributed by atoms with Gasteiger partial charge in [0.2, 0.25) is 0 Å². The van der Waals surface area contributed by atoms with Crippen LogP contribution in [0.25, 0.3) is 0 Å². The number of hydrogen-bond donors (Lipinski definition) is 0. The number of thioether (sulfide) groups is 1. The Labute approximate surface area is 93.4 Å². The Morgan fingerprint density at radius 1 is 1.77 bits per heavy atom.